The molecule has 2 nitrogen and oxygen atoms in total. The third-order valence-electron chi connectivity index (χ3n) is 4.65. The number of hydrogen-bond donors (Lipinski definition) is 0. The van der Waals surface area contributed by atoms with Gasteiger partial charge in [0.25, 0.3) is 0 Å². The molecule has 0 radical (unpaired) electrons. The van der Waals surface area contributed by atoms with Crippen LogP contribution in [-0.4, -0.2) is 35.7 Å². The summed E-state index contributed by atoms with van der Waals surface area (Å²) in [5.74, 6) is 0.301. The Morgan fingerprint density at radius 1 is 0.750 bits per heavy atom. The molecule has 0 bridgehead atoms. The van der Waals surface area contributed by atoms with Gasteiger partial charge < -0.3 is 0 Å². The fourth-order valence-corrected chi connectivity index (χ4v) is 6.94. The van der Waals surface area contributed by atoms with Gasteiger partial charge in [-0.3, -0.25) is 0 Å². The van der Waals surface area contributed by atoms with Crippen LogP contribution >= 0.6 is 0 Å². The molecule has 4 rings (SSSR count). The number of carbonyl (C=O) groups is 1. The van der Waals surface area contributed by atoms with Crippen LogP contribution in [0.5, 0.6) is 0 Å². The Labute approximate surface area is 201 Å². The average Bonchev–Trinajstić information content (AvgIpc) is 3.39. The van der Waals surface area contributed by atoms with Gasteiger partial charge >= 0.3 is 202 Å². The van der Waals surface area contributed by atoms with E-state index in [1.165, 1.54) is 8.92 Å². The zero-order chi connectivity index (χ0) is 22.0. The van der Waals surface area contributed by atoms with E-state index in [2.05, 4.69) is 66.4 Å². The third-order valence-corrected chi connectivity index (χ3v) is 8.98. The molecule has 0 saturated heterocycles. The molecule has 4 heteroatoms. The molecule has 0 aliphatic rings. The summed E-state index contributed by atoms with van der Waals surface area (Å²) in [4.78, 5) is 13.3. The molecule has 0 aliphatic heterocycles. The first kappa shape index (κ1) is 22.4. The Morgan fingerprint density at radius 2 is 1.38 bits per heavy atom. The minimum atomic E-state index is -0.0730. The van der Waals surface area contributed by atoms with Crippen LogP contribution < -0.4 is 8.92 Å². The Hall–Kier alpha value is -2.83. The molecule has 158 valence electrons. The zero-order valence-electron chi connectivity index (χ0n) is 17.4. The van der Waals surface area contributed by atoms with Gasteiger partial charge in [0.05, 0.1) is 0 Å². The molecule has 0 aliphatic carbocycles. The summed E-state index contributed by atoms with van der Waals surface area (Å²) < 4.78 is 9.11. The fourth-order valence-electron chi connectivity index (χ4n) is 3.07. The van der Waals surface area contributed by atoms with E-state index in [0.717, 1.165) is 15.4 Å². The van der Waals surface area contributed by atoms with Crippen molar-refractivity contribution in [3.05, 3.63) is 132 Å². The van der Waals surface area contributed by atoms with E-state index in [0.29, 0.717) is 32.7 Å². The molecule has 3 aromatic carbocycles. The summed E-state index contributed by atoms with van der Waals surface area (Å²) in [6.07, 6.45) is 2.23. The molecule has 0 spiro atoms. The third kappa shape index (κ3) is 6.34. The first-order chi connectivity index (χ1) is 15.8. The maximum atomic E-state index is 13.3. The molecule has 0 atom stereocenters. The minimum absolute atomic E-state index is 0.0296. The van der Waals surface area contributed by atoms with Crippen LogP contribution in [0.3, 0.4) is 0 Å². The van der Waals surface area contributed by atoms with Gasteiger partial charge in [-0.05, 0) is 0 Å². The molecule has 1 aromatic heterocycles. The van der Waals surface area contributed by atoms with E-state index in [4.69, 9.17) is 4.42 Å². The van der Waals surface area contributed by atoms with Gasteiger partial charge in [-0.25, -0.2) is 0 Å². The summed E-state index contributed by atoms with van der Waals surface area (Å²) in [5, 5.41) is 0.937. The van der Waals surface area contributed by atoms with E-state index < -0.39 is 0 Å². The first-order valence-electron chi connectivity index (χ1n) is 10.3. The van der Waals surface area contributed by atoms with Crippen molar-refractivity contribution in [2.24, 2.45) is 0 Å². The van der Waals surface area contributed by atoms with E-state index in [-0.39, 0.29) is 20.7 Å². The van der Waals surface area contributed by atoms with Crippen molar-refractivity contribution in [2.75, 3.05) is 0 Å². The predicted octanol–water partition coefficient (Wildman–Crippen LogP) is 4.90. The Balaban J connectivity index is 1.71. The summed E-state index contributed by atoms with van der Waals surface area (Å²) in [7, 11) is 0. The van der Waals surface area contributed by atoms with Crippen LogP contribution in [0.1, 0.15) is 22.5 Å². The van der Waals surface area contributed by atoms with Crippen LogP contribution in [0.2, 0.25) is 5.32 Å². The Kier molecular flexibility index (Phi) is 8.17. The molecule has 0 saturated carbocycles. The second-order valence-electron chi connectivity index (χ2n) is 6.93. The standard InChI is InChI=1S/C28H22O2Se2/c29-28(26-17-10-19-30-26)23(18-20-31-24-13-6-2-7-14-24)21-27(22-11-4-1-5-12-22)32-25-15-8-3-9-16-25/h1-17,19H,18,20H2. The summed E-state index contributed by atoms with van der Waals surface area (Å²) in [6.45, 7) is 0. The Bertz CT molecular complexity index is 1190. The molecule has 1 heterocycles. The molecule has 0 amide bonds. The van der Waals surface area contributed by atoms with Crippen molar-refractivity contribution < 1.29 is 9.21 Å². The van der Waals surface area contributed by atoms with Gasteiger partial charge in [-0.2, -0.15) is 0 Å². The monoisotopic (exact) mass is 550 g/mol. The molecule has 0 fully saturated rings. The molecular formula is C28H22O2Se2. The second-order valence-corrected chi connectivity index (χ2v) is 11.7. The zero-order valence-corrected chi connectivity index (χ0v) is 20.9. The Morgan fingerprint density at radius 3 is 2.00 bits per heavy atom. The predicted molar refractivity (Wildman–Crippen MR) is 133 cm³/mol. The van der Waals surface area contributed by atoms with Crippen LogP contribution in [-0.2, 0) is 0 Å². The molecule has 4 aromatic rings. The number of allylic oxidation sites excluding steroid dienone is 1. The SMILES string of the molecule is O=C(C(=C=C([Se]c1ccccc1)c1ccccc1)CC[Se]c1ccccc1)c1ccco1. The van der Waals surface area contributed by atoms with Gasteiger partial charge in [-0.1, -0.05) is 0 Å². The van der Waals surface area contributed by atoms with E-state index in [9.17, 15) is 4.79 Å². The van der Waals surface area contributed by atoms with Crippen molar-refractivity contribution in [2.45, 2.75) is 11.7 Å². The van der Waals surface area contributed by atoms with Crippen LogP contribution in [0.25, 0.3) is 4.47 Å². The van der Waals surface area contributed by atoms with Crippen molar-refractivity contribution >= 4 is 49.1 Å². The quantitative estimate of drug-likeness (QED) is 0.129. The van der Waals surface area contributed by atoms with Crippen LogP contribution in [0.15, 0.2) is 125 Å². The average molecular weight is 548 g/mol. The maximum absolute atomic E-state index is 13.3. The summed E-state index contributed by atoms with van der Waals surface area (Å²) in [5.41, 5.74) is 5.35. The summed E-state index contributed by atoms with van der Waals surface area (Å²) >= 11 is 0.330. The summed E-state index contributed by atoms with van der Waals surface area (Å²) in [6, 6.07) is 34.6. The number of rotatable bonds is 9. The molecule has 0 unspecified atom stereocenters. The van der Waals surface area contributed by atoms with Gasteiger partial charge in [0.15, 0.2) is 0 Å². The molecule has 0 N–H and O–H groups in total. The number of hydrogen-bond acceptors (Lipinski definition) is 2. The van der Waals surface area contributed by atoms with Crippen molar-refractivity contribution in [3.63, 3.8) is 0 Å². The first-order valence-corrected chi connectivity index (χ1v) is 14.1. The number of carbonyl (C=O) groups excluding carboxylic acids is 1. The van der Waals surface area contributed by atoms with Gasteiger partial charge in [-0.15, -0.1) is 0 Å². The van der Waals surface area contributed by atoms with E-state index in [1.54, 1.807) is 18.4 Å². The van der Waals surface area contributed by atoms with Crippen molar-refractivity contribution in [3.8, 4) is 0 Å². The number of ketones is 1. The molecular weight excluding hydrogens is 526 g/mol. The van der Waals surface area contributed by atoms with Crippen molar-refractivity contribution in [1.29, 1.82) is 0 Å². The van der Waals surface area contributed by atoms with Gasteiger partial charge in [0, 0.05) is 0 Å². The number of Topliss-reactive ketones (excluding diaryl/α,β-unsaturated/α-hetero) is 1. The van der Waals surface area contributed by atoms with Crippen LogP contribution in [0.4, 0.5) is 0 Å². The van der Waals surface area contributed by atoms with E-state index >= 15 is 0 Å². The topological polar surface area (TPSA) is 30.2 Å². The van der Waals surface area contributed by atoms with Gasteiger partial charge in [0.1, 0.15) is 0 Å². The number of benzene rings is 3. The van der Waals surface area contributed by atoms with Crippen LogP contribution in [0, 0.1) is 0 Å². The number of furan rings is 1. The fraction of sp³-hybridized carbons (Fsp3) is 0.0714. The second kappa shape index (κ2) is 11.7. The molecule has 32 heavy (non-hydrogen) atoms. The normalized spacial score (nSPS) is 10.4. The van der Waals surface area contributed by atoms with Crippen molar-refractivity contribution in [1.82, 2.24) is 0 Å². The van der Waals surface area contributed by atoms with E-state index in [1.807, 2.05) is 30.3 Å². The van der Waals surface area contributed by atoms with Gasteiger partial charge in [0.2, 0.25) is 0 Å².